The molecule has 0 bridgehead atoms. The molecule has 1 fully saturated rings. The summed E-state index contributed by atoms with van der Waals surface area (Å²) in [6, 6.07) is 3.22. The fourth-order valence-electron chi connectivity index (χ4n) is 3.35. The summed E-state index contributed by atoms with van der Waals surface area (Å²) in [5, 5.41) is 36.1. The number of fused-ring (bicyclic) bond motifs is 1. The zero-order valence-corrected chi connectivity index (χ0v) is 21.8. The number of hydrogen-bond donors (Lipinski definition) is 2. The number of nitro benzene ring substituents is 1. The minimum absolute atomic E-state index is 0.0400. The average Bonchev–Trinajstić information content (AvgIpc) is 3.23. The number of nitrogens with one attached hydrogen (secondary N) is 1. The monoisotopic (exact) mass is 601 g/mol. The Morgan fingerprint density at radius 1 is 1.51 bits per heavy atom. The molecular formula is C18H16BrN7O6S3. The van der Waals surface area contributed by atoms with Crippen molar-refractivity contribution in [3.63, 3.8) is 0 Å². The Labute approximate surface area is 217 Å². The van der Waals surface area contributed by atoms with E-state index in [1.165, 1.54) is 62.9 Å². The van der Waals surface area contributed by atoms with Crippen molar-refractivity contribution in [1.82, 2.24) is 30.4 Å². The van der Waals surface area contributed by atoms with Crippen LogP contribution in [0.4, 0.5) is 5.69 Å². The van der Waals surface area contributed by atoms with Gasteiger partial charge in [0.25, 0.3) is 11.6 Å². The van der Waals surface area contributed by atoms with Crippen LogP contribution in [0.3, 0.4) is 0 Å². The summed E-state index contributed by atoms with van der Waals surface area (Å²) in [4.78, 5) is 36.6. The lowest BCUT2D eigenvalue weighted by molar-refractivity contribution is -0.385. The Kier molecular flexibility index (Phi) is 7.58. The normalized spacial score (nSPS) is 20.5. The number of non-ortho nitro benzene ring substituents is 1. The van der Waals surface area contributed by atoms with E-state index in [2.05, 4.69) is 36.8 Å². The van der Waals surface area contributed by atoms with Crippen LogP contribution in [-0.2, 0) is 27.4 Å². The van der Waals surface area contributed by atoms with Gasteiger partial charge in [0.15, 0.2) is 0 Å². The predicted molar refractivity (Wildman–Crippen MR) is 131 cm³/mol. The van der Waals surface area contributed by atoms with Crippen molar-refractivity contribution >= 4 is 67.8 Å². The molecule has 3 heterocycles. The lowest BCUT2D eigenvalue weighted by Crippen LogP contribution is -2.69. The van der Waals surface area contributed by atoms with Crippen LogP contribution in [0, 0.1) is 10.1 Å². The highest BCUT2D eigenvalue weighted by Crippen LogP contribution is 2.41. The molecule has 4 rings (SSSR count). The number of thioether (sulfide) groups is 2. The first-order chi connectivity index (χ1) is 16.7. The highest BCUT2D eigenvalue weighted by atomic mass is 79.9. The number of hydrogen-bond acceptors (Lipinski definition) is 11. The van der Waals surface area contributed by atoms with Gasteiger partial charge in [0.05, 0.1) is 20.6 Å². The summed E-state index contributed by atoms with van der Waals surface area (Å²) in [5.41, 5.74) is 0.419. The van der Waals surface area contributed by atoms with Gasteiger partial charge in [-0.3, -0.25) is 19.8 Å². The van der Waals surface area contributed by atoms with Crippen LogP contribution in [0.15, 0.2) is 55.6 Å². The third-order valence-electron chi connectivity index (χ3n) is 5.02. The number of aliphatic carboxylic acids is 1. The Hall–Kier alpha value is -2.76. The van der Waals surface area contributed by atoms with Crippen molar-refractivity contribution < 1.29 is 23.8 Å². The number of benzene rings is 1. The highest BCUT2D eigenvalue weighted by Gasteiger charge is 2.53. The van der Waals surface area contributed by atoms with Gasteiger partial charge in [-0.1, -0.05) is 11.8 Å². The molecule has 2 aromatic rings. The van der Waals surface area contributed by atoms with E-state index in [1.54, 1.807) is 7.05 Å². The molecule has 2 aliphatic heterocycles. The van der Waals surface area contributed by atoms with Crippen LogP contribution >= 0.6 is 39.5 Å². The van der Waals surface area contributed by atoms with Gasteiger partial charge in [-0.2, -0.15) is 0 Å². The fraction of sp³-hybridized carbons (Fsp3) is 0.278. The van der Waals surface area contributed by atoms with Gasteiger partial charge >= 0.3 is 5.97 Å². The number of halogens is 1. The van der Waals surface area contributed by atoms with Crippen LogP contribution in [0.25, 0.3) is 0 Å². The zero-order chi connectivity index (χ0) is 25.3. The third kappa shape index (κ3) is 5.12. The van der Waals surface area contributed by atoms with Crippen molar-refractivity contribution in [2.75, 3.05) is 11.5 Å². The largest absolute Gasteiger partial charge is 0.477 e. The number of nitro groups is 1. The standard InChI is InChI=1S/C18H16BrN7O6S3/c1-24-18(21-22-23-24)34-8-9-7-33-16-13(15(27)25(16)14(9)17(28)29)20-4-5-35(32)12-3-2-10(26(30)31)6-11(12)19/h2-6,13,16,20H,7-8H2,1H3,(H,28,29)/t13-,16+,35?/m1/s1. The number of carboxylic acid groups (broad SMARTS) is 1. The molecule has 3 atom stereocenters. The second kappa shape index (κ2) is 10.5. The molecule has 0 saturated carbocycles. The van der Waals surface area contributed by atoms with Gasteiger partial charge in [-0.15, -0.1) is 16.9 Å². The van der Waals surface area contributed by atoms with Crippen LogP contribution < -0.4 is 5.32 Å². The van der Waals surface area contributed by atoms with Crippen molar-refractivity contribution in [2.45, 2.75) is 21.5 Å². The summed E-state index contributed by atoms with van der Waals surface area (Å²) in [7, 11) is 0.0373. The number of rotatable bonds is 9. The van der Waals surface area contributed by atoms with Crippen LogP contribution in [0.1, 0.15) is 0 Å². The first-order valence-electron chi connectivity index (χ1n) is 9.71. The second-order valence-electron chi connectivity index (χ2n) is 7.16. The molecule has 2 N–H and O–H groups in total. The molecule has 17 heteroatoms. The molecule has 0 spiro atoms. The highest BCUT2D eigenvalue weighted by molar-refractivity contribution is 9.10. The summed E-state index contributed by atoms with van der Waals surface area (Å²) in [6.45, 7) is 0. The van der Waals surface area contributed by atoms with Gasteiger partial charge in [0.1, 0.15) is 17.1 Å². The number of carbonyl (C=O) groups excluding carboxylic acids is 1. The molecule has 184 valence electrons. The number of aromatic nitrogens is 4. The Balaban J connectivity index is 1.41. The number of nitrogens with zero attached hydrogens (tertiary/aromatic N) is 6. The van der Waals surface area contributed by atoms with Gasteiger partial charge < -0.3 is 10.4 Å². The Bertz CT molecular complexity index is 1300. The van der Waals surface area contributed by atoms with Gasteiger partial charge in [0.2, 0.25) is 5.16 Å². The maximum absolute atomic E-state index is 12.8. The predicted octanol–water partition coefficient (Wildman–Crippen LogP) is 1.46. The summed E-state index contributed by atoms with van der Waals surface area (Å²) < 4.78 is 14.4. The van der Waals surface area contributed by atoms with Crippen molar-refractivity contribution in [2.24, 2.45) is 7.05 Å². The molecule has 1 aromatic carbocycles. The summed E-state index contributed by atoms with van der Waals surface area (Å²) in [6.07, 6.45) is 1.38. The average molecular weight is 602 g/mol. The fourth-order valence-corrected chi connectivity index (χ4v) is 7.35. The van der Waals surface area contributed by atoms with E-state index in [1.807, 2.05) is 0 Å². The van der Waals surface area contributed by atoms with E-state index in [4.69, 9.17) is 0 Å². The van der Waals surface area contributed by atoms with E-state index in [-0.39, 0.29) is 11.4 Å². The zero-order valence-electron chi connectivity index (χ0n) is 17.7. The van der Waals surface area contributed by atoms with E-state index in [9.17, 15) is 29.0 Å². The molecule has 13 nitrogen and oxygen atoms in total. The molecule has 0 aliphatic carbocycles. The molecule has 1 aromatic heterocycles. The molecule has 1 unspecified atom stereocenters. The Morgan fingerprint density at radius 2 is 2.29 bits per heavy atom. The minimum Gasteiger partial charge on any atom is -0.477 e. The van der Waals surface area contributed by atoms with E-state index < -0.39 is 39.0 Å². The van der Waals surface area contributed by atoms with Crippen LogP contribution in [0.5, 0.6) is 0 Å². The lowest BCUT2D eigenvalue weighted by Gasteiger charge is -2.49. The van der Waals surface area contributed by atoms with Crippen LogP contribution in [0.2, 0.25) is 0 Å². The van der Waals surface area contributed by atoms with Crippen molar-refractivity contribution in [3.8, 4) is 0 Å². The maximum atomic E-state index is 12.8. The van der Waals surface area contributed by atoms with Crippen molar-refractivity contribution in [1.29, 1.82) is 0 Å². The quantitative estimate of drug-likeness (QED) is 0.183. The SMILES string of the molecule is Cn1nnnc1SCC1=C(C(=O)O)N2C(=O)[C@@H](NC=CS(=O)c3ccc([N+](=O)[O-])cc3Br)[C@@H]2SC1. The number of tetrazole rings is 1. The third-order valence-corrected chi connectivity index (χ3v) is 9.54. The number of aryl methyl sites for hydroxylation is 1. The second-order valence-corrected chi connectivity index (χ2v) is 11.4. The number of carbonyl (C=O) groups is 2. The molecule has 0 radical (unpaired) electrons. The molecule has 35 heavy (non-hydrogen) atoms. The van der Waals surface area contributed by atoms with Crippen LogP contribution in [-0.4, -0.2) is 74.1 Å². The van der Waals surface area contributed by atoms with Gasteiger partial charge in [-0.25, -0.2) is 13.7 Å². The number of amides is 1. The molecule has 1 saturated heterocycles. The van der Waals surface area contributed by atoms with Gasteiger partial charge in [-0.05, 0) is 38.0 Å². The van der Waals surface area contributed by atoms with E-state index >= 15 is 0 Å². The number of carboxylic acids is 1. The number of β-lactam (4-membered cyclic amide) rings is 1. The van der Waals surface area contributed by atoms with Gasteiger partial charge in [0, 0.05) is 46.8 Å². The van der Waals surface area contributed by atoms with E-state index in [0.717, 1.165) is 0 Å². The molecule has 1 amide bonds. The smallest absolute Gasteiger partial charge is 0.352 e. The lowest BCUT2D eigenvalue weighted by atomic mass is 10.0. The summed E-state index contributed by atoms with van der Waals surface area (Å²) in [5.74, 6) is -0.860. The maximum Gasteiger partial charge on any atom is 0.352 e. The Morgan fingerprint density at radius 3 is 2.91 bits per heavy atom. The van der Waals surface area contributed by atoms with E-state index in [0.29, 0.717) is 31.6 Å². The minimum atomic E-state index is -1.64. The summed E-state index contributed by atoms with van der Waals surface area (Å²) >= 11 is 5.89. The molecular weight excluding hydrogens is 586 g/mol. The molecule has 2 aliphatic rings. The van der Waals surface area contributed by atoms with Crippen molar-refractivity contribution in [3.05, 3.63) is 55.7 Å². The first-order valence-corrected chi connectivity index (χ1v) is 13.8. The topological polar surface area (TPSA) is 173 Å². The first kappa shape index (κ1) is 25.3.